The number of rotatable bonds is 5. The van der Waals surface area contributed by atoms with Gasteiger partial charge in [0, 0.05) is 24.6 Å². The number of anilines is 1. The normalized spacial score (nSPS) is 17.4. The van der Waals surface area contributed by atoms with Crippen molar-refractivity contribution in [3.8, 4) is 0 Å². The van der Waals surface area contributed by atoms with Crippen molar-refractivity contribution in [3.05, 3.63) is 82.9 Å². The van der Waals surface area contributed by atoms with E-state index < -0.39 is 0 Å². The lowest BCUT2D eigenvalue weighted by Crippen LogP contribution is -2.33. The van der Waals surface area contributed by atoms with E-state index in [1.54, 1.807) is 12.1 Å². The molecule has 28 heavy (non-hydrogen) atoms. The topological polar surface area (TPSA) is 61.0 Å². The van der Waals surface area contributed by atoms with E-state index in [0.29, 0.717) is 16.6 Å². The molecule has 1 saturated heterocycles. The molecule has 0 aliphatic carbocycles. The number of carbonyl (C=O) groups is 1. The van der Waals surface area contributed by atoms with Crippen molar-refractivity contribution < 1.29 is 4.79 Å². The summed E-state index contributed by atoms with van der Waals surface area (Å²) in [5.41, 5.74) is 2.41. The van der Waals surface area contributed by atoms with Gasteiger partial charge < -0.3 is 10.3 Å². The van der Waals surface area contributed by atoms with Gasteiger partial charge in [0.25, 0.3) is 5.91 Å². The van der Waals surface area contributed by atoms with Crippen LogP contribution in [0, 0.1) is 0 Å². The Bertz CT molecular complexity index is 941. The highest BCUT2D eigenvalue weighted by atomic mass is 35.5. The van der Waals surface area contributed by atoms with Gasteiger partial charge in [0.2, 0.25) is 0 Å². The molecule has 3 aromatic rings. The Morgan fingerprint density at radius 1 is 1.21 bits per heavy atom. The van der Waals surface area contributed by atoms with Gasteiger partial charge in [-0.05, 0) is 49.2 Å². The Balaban J connectivity index is 1.47. The number of nitrogens with zero attached hydrogens (tertiary/aromatic N) is 2. The molecule has 0 spiro atoms. The number of aromatic nitrogens is 2. The monoisotopic (exact) mass is 394 g/mol. The number of imidazole rings is 1. The molecule has 5 nitrogen and oxygen atoms in total. The molecule has 1 unspecified atom stereocenters. The zero-order chi connectivity index (χ0) is 19.3. The maximum Gasteiger partial charge on any atom is 0.257 e. The van der Waals surface area contributed by atoms with E-state index in [9.17, 15) is 4.79 Å². The summed E-state index contributed by atoms with van der Waals surface area (Å²) in [6, 6.07) is 15.4. The number of carbonyl (C=O) groups excluding carboxylic acids is 1. The van der Waals surface area contributed by atoms with Crippen molar-refractivity contribution in [2.75, 3.05) is 11.9 Å². The predicted octanol–water partition coefficient (Wildman–Crippen LogP) is 5.04. The molecule has 2 aromatic carbocycles. The third-order valence-electron chi connectivity index (χ3n) is 5.14. The number of benzene rings is 2. The van der Waals surface area contributed by atoms with Crippen LogP contribution in [0.2, 0.25) is 5.02 Å². The minimum Gasteiger partial charge on any atom is -0.347 e. The third-order valence-corrected chi connectivity index (χ3v) is 5.47. The molecule has 144 valence electrons. The van der Waals surface area contributed by atoms with Crippen LogP contribution in [-0.4, -0.2) is 27.3 Å². The Kier molecular flexibility index (Phi) is 5.74. The summed E-state index contributed by atoms with van der Waals surface area (Å²) in [4.78, 5) is 22.7. The standard InChI is InChI=1S/C22H23ClN4O/c23-19-9-2-1-8-18(19)22(28)26-17-7-5-6-16(14-17)15-27-13-4-3-10-20(27)21-24-11-12-25-21/h1-2,5-9,11-12,14,20H,3-4,10,13,15H2,(H,24,25)(H,26,28). The number of nitrogens with one attached hydrogen (secondary N) is 2. The highest BCUT2D eigenvalue weighted by molar-refractivity contribution is 6.34. The number of likely N-dealkylation sites (tertiary alicyclic amines) is 1. The zero-order valence-corrected chi connectivity index (χ0v) is 16.3. The lowest BCUT2D eigenvalue weighted by molar-refractivity contribution is 0.102. The zero-order valence-electron chi connectivity index (χ0n) is 15.6. The van der Waals surface area contributed by atoms with Crippen molar-refractivity contribution in [1.29, 1.82) is 0 Å². The van der Waals surface area contributed by atoms with Gasteiger partial charge in [-0.2, -0.15) is 0 Å². The molecule has 0 radical (unpaired) electrons. The first-order valence-electron chi connectivity index (χ1n) is 9.59. The largest absolute Gasteiger partial charge is 0.347 e. The molecule has 1 fully saturated rings. The van der Waals surface area contributed by atoms with E-state index in [2.05, 4.69) is 26.3 Å². The lowest BCUT2D eigenvalue weighted by atomic mass is 10.0. The van der Waals surface area contributed by atoms with Crippen LogP contribution in [0.5, 0.6) is 0 Å². The number of amides is 1. The van der Waals surface area contributed by atoms with Crippen LogP contribution in [-0.2, 0) is 6.54 Å². The molecule has 1 aliphatic heterocycles. The molecule has 0 saturated carbocycles. The van der Waals surface area contributed by atoms with Crippen molar-refractivity contribution in [2.45, 2.75) is 31.8 Å². The van der Waals surface area contributed by atoms with Gasteiger partial charge in [-0.15, -0.1) is 0 Å². The van der Waals surface area contributed by atoms with Gasteiger partial charge in [0.05, 0.1) is 16.6 Å². The highest BCUT2D eigenvalue weighted by Gasteiger charge is 2.25. The fourth-order valence-electron chi connectivity index (χ4n) is 3.78. The first kappa shape index (κ1) is 18.7. The fourth-order valence-corrected chi connectivity index (χ4v) is 4.00. The van der Waals surface area contributed by atoms with E-state index in [-0.39, 0.29) is 5.91 Å². The molecule has 2 heterocycles. The summed E-state index contributed by atoms with van der Waals surface area (Å²) in [7, 11) is 0. The van der Waals surface area contributed by atoms with Crippen molar-refractivity contribution in [3.63, 3.8) is 0 Å². The number of aromatic amines is 1. The summed E-state index contributed by atoms with van der Waals surface area (Å²) in [5.74, 6) is 0.831. The Morgan fingerprint density at radius 2 is 2.11 bits per heavy atom. The molecule has 4 rings (SSSR count). The van der Waals surface area contributed by atoms with E-state index in [1.807, 2.05) is 42.7 Å². The molecular formula is C22H23ClN4O. The quantitative estimate of drug-likeness (QED) is 0.637. The van der Waals surface area contributed by atoms with Crippen LogP contribution in [0.15, 0.2) is 60.9 Å². The molecule has 1 atom stereocenters. The molecule has 1 amide bonds. The molecule has 6 heteroatoms. The van der Waals surface area contributed by atoms with Gasteiger partial charge in [-0.25, -0.2) is 4.98 Å². The maximum atomic E-state index is 12.5. The van der Waals surface area contributed by atoms with Gasteiger partial charge >= 0.3 is 0 Å². The van der Waals surface area contributed by atoms with Crippen molar-refractivity contribution in [2.24, 2.45) is 0 Å². The molecular weight excluding hydrogens is 372 g/mol. The van der Waals surface area contributed by atoms with Crippen LogP contribution in [0.4, 0.5) is 5.69 Å². The average molecular weight is 395 g/mol. The van der Waals surface area contributed by atoms with Crippen LogP contribution in [0.1, 0.15) is 47.1 Å². The number of hydrogen-bond donors (Lipinski definition) is 2. The fraction of sp³-hybridized carbons (Fsp3) is 0.273. The Morgan fingerprint density at radius 3 is 2.93 bits per heavy atom. The lowest BCUT2D eigenvalue weighted by Gasteiger charge is -2.34. The van der Waals surface area contributed by atoms with Crippen LogP contribution in [0.3, 0.4) is 0 Å². The smallest absolute Gasteiger partial charge is 0.257 e. The van der Waals surface area contributed by atoms with Gasteiger partial charge in [-0.1, -0.05) is 42.3 Å². The van der Waals surface area contributed by atoms with Crippen molar-refractivity contribution >= 4 is 23.2 Å². The second-order valence-corrected chi connectivity index (χ2v) is 7.50. The molecule has 1 aromatic heterocycles. The summed E-state index contributed by atoms with van der Waals surface area (Å²) in [5, 5.41) is 3.40. The van der Waals surface area contributed by atoms with E-state index in [1.165, 1.54) is 12.8 Å². The maximum absolute atomic E-state index is 12.5. The molecule has 2 N–H and O–H groups in total. The van der Waals surface area contributed by atoms with E-state index >= 15 is 0 Å². The number of hydrogen-bond acceptors (Lipinski definition) is 3. The van der Waals surface area contributed by atoms with Gasteiger partial charge in [0.1, 0.15) is 5.82 Å². The second kappa shape index (κ2) is 8.59. The summed E-state index contributed by atoms with van der Waals surface area (Å²) >= 11 is 6.13. The van der Waals surface area contributed by atoms with E-state index in [0.717, 1.165) is 36.6 Å². The predicted molar refractivity (Wildman–Crippen MR) is 111 cm³/mol. The van der Waals surface area contributed by atoms with Crippen LogP contribution in [0.25, 0.3) is 0 Å². The second-order valence-electron chi connectivity index (χ2n) is 7.09. The Labute approximate surface area is 169 Å². The summed E-state index contributed by atoms with van der Waals surface area (Å²) in [6.07, 6.45) is 7.21. The van der Waals surface area contributed by atoms with Gasteiger partial charge in [-0.3, -0.25) is 9.69 Å². The van der Waals surface area contributed by atoms with Gasteiger partial charge in [0.15, 0.2) is 0 Å². The summed E-state index contributed by atoms with van der Waals surface area (Å²) in [6.45, 7) is 1.86. The average Bonchev–Trinajstić information content (AvgIpc) is 3.23. The molecule has 1 aliphatic rings. The number of piperidine rings is 1. The van der Waals surface area contributed by atoms with Crippen LogP contribution < -0.4 is 5.32 Å². The Hall–Kier alpha value is -2.63. The minimum atomic E-state index is -0.200. The first-order chi connectivity index (χ1) is 13.7. The highest BCUT2D eigenvalue weighted by Crippen LogP contribution is 2.30. The number of halogens is 1. The SMILES string of the molecule is O=C(Nc1cccc(CN2CCCCC2c2ncc[nH]2)c1)c1ccccc1Cl. The summed E-state index contributed by atoms with van der Waals surface area (Å²) < 4.78 is 0. The first-order valence-corrected chi connectivity index (χ1v) is 9.96. The number of H-pyrrole nitrogens is 1. The molecule has 0 bridgehead atoms. The third kappa shape index (κ3) is 4.26. The minimum absolute atomic E-state index is 0.200. The van der Waals surface area contributed by atoms with E-state index in [4.69, 9.17) is 11.6 Å². The van der Waals surface area contributed by atoms with Crippen molar-refractivity contribution in [1.82, 2.24) is 14.9 Å². The van der Waals surface area contributed by atoms with Crippen LogP contribution >= 0.6 is 11.6 Å².